The standard InChI is InChI=1S/C16H18F3NO4S/c1-10(2)13-9-14(24-25(22,23)16(17,18)19)11(3)15(21)20(13)12-7-5-4-6-8-12/h4-8,10,13H,9H2,1-3H3. The van der Waals surface area contributed by atoms with E-state index < -0.39 is 33.3 Å². The Hall–Kier alpha value is -2.03. The lowest BCUT2D eigenvalue weighted by molar-refractivity contribution is -0.116. The van der Waals surface area contributed by atoms with Crippen LogP contribution in [0.25, 0.3) is 0 Å². The van der Waals surface area contributed by atoms with E-state index in [2.05, 4.69) is 4.18 Å². The Balaban J connectivity index is 2.46. The lowest BCUT2D eigenvalue weighted by Crippen LogP contribution is -2.48. The molecule has 25 heavy (non-hydrogen) atoms. The van der Waals surface area contributed by atoms with E-state index in [9.17, 15) is 26.4 Å². The van der Waals surface area contributed by atoms with E-state index in [0.29, 0.717) is 5.69 Å². The van der Waals surface area contributed by atoms with Crippen molar-refractivity contribution < 1.29 is 30.6 Å². The van der Waals surface area contributed by atoms with Crippen LogP contribution in [0.5, 0.6) is 0 Å². The smallest absolute Gasteiger partial charge is 0.380 e. The molecule has 0 bridgehead atoms. The normalized spacial score (nSPS) is 19.6. The van der Waals surface area contributed by atoms with E-state index in [0.717, 1.165) is 0 Å². The summed E-state index contributed by atoms with van der Waals surface area (Å²) in [7, 11) is -5.81. The third-order valence-corrected chi connectivity index (χ3v) is 4.97. The number of carbonyl (C=O) groups excluding carboxylic acids is 1. The van der Waals surface area contributed by atoms with Crippen molar-refractivity contribution in [1.29, 1.82) is 0 Å². The maximum absolute atomic E-state index is 12.7. The van der Waals surface area contributed by atoms with Gasteiger partial charge in [-0.1, -0.05) is 32.0 Å². The van der Waals surface area contributed by atoms with Gasteiger partial charge in [-0.05, 0) is 25.0 Å². The van der Waals surface area contributed by atoms with Crippen LogP contribution in [0.3, 0.4) is 0 Å². The molecule has 0 saturated heterocycles. The molecule has 1 amide bonds. The summed E-state index contributed by atoms with van der Waals surface area (Å²) in [6.45, 7) is 4.85. The summed E-state index contributed by atoms with van der Waals surface area (Å²) < 4.78 is 64.6. The van der Waals surface area contributed by atoms with Gasteiger partial charge in [0, 0.05) is 18.2 Å². The van der Waals surface area contributed by atoms with Gasteiger partial charge in [-0.15, -0.1) is 0 Å². The Morgan fingerprint density at radius 3 is 2.24 bits per heavy atom. The van der Waals surface area contributed by atoms with Gasteiger partial charge in [0.2, 0.25) is 0 Å². The van der Waals surface area contributed by atoms with Crippen molar-refractivity contribution in [2.24, 2.45) is 5.92 Å². The van der Waals surface area contributed by atoms with Crippen LogP contribution >= 0.6 is 0 Å². The molecule has 0 radical (unpaired) electrons. The van der Waals surface area contributed by atoms with Gasteiger partial charge in [-0.2, -0.15) is 21.6 Å². The second-order valence-corrected chi connectivity index (χ2v) is 7.60. The summed E-state index contributed by atoms with van der Waals surface area (Å²) in [5.74, 6) is -1.18. The summed E-state index contributed by atoms with van der Waals surface area (Å²) in [5, 5.41) is 0. The van der Waals surface area contributed by atoms with Crippen molar-refractivity contribution in [3.8, 4) is 0 Å². The molecule has 0 saturated carbocycles. The average molecular weight is 377 g/mol. The molecule has 138 valence electrons. The van der Waals surface area contributed by atoms with Crippen molar-refractivity contribution in [1.82, 2.24) is 0 Å². The second kappa shape index (κ2) is 6.70. The first-order chi connectivity index (χ1) is 11.5. The molecular formula is C16H18F3NO4S. The number of hydrogen-bond donors (Lipinski definition) is 0. The predicted molar refractivity (Wildman–Crippen MR) is 85.9 cm³/mol. The highest BCUT2D eigenvalue weighted by atomic mass is 32.2. The maximum Gasteiger partial charge on any atom is 0.534 e. The fourth-order valence-corrected chi connectivity index (χ4v) is 3.14. The molecule has 2 rings (SSSR count). The number of rotatable bonds is 4. The highest BCUT2D eigenvalue weighted by molar-refractivity contribution is 7.87. The summed E-state index contributed by atoms with van der Waals surface area (Å²) >= 11 is 0. The fraction of sp³-hybridized carbons (Fsp3) is 0.438. The summed E-state index contributed by atoms with van der Waals surface area (Å²) in [5.41, 5.74) is -5.12. The molecule has 0 spiro atoms. The van der Waals surface area contributed by atoms with E-state index in [1.807, 2.05) is 0 Å². The van der Waals surface area contributed by atoms with Gasteiger partial charge in [0.15, 0.2) is 0 Å². The molecule has 9 heteroatoms. The Kier molecular flexibility index (Phi) is 5.17. The first-order valence-corrected chi connectivity index (χ1v) is 8.95. The van der Waals surface area contributed by atoms with Crippen LogP contribution in [0.1, 0.15) is 27.2 Å². The third-order valence-electron chi connectivity index (χ3n) is 3.98. The van der Waals surface area contributed by atoms with E-state index in [1.165, 1.54) is 11.8 Å². The number of amides is 1. The number of carbonyl (C=O) groups is 1. The molecular weight excluding hydrogens is 359 g/mol. The van der Waals surface area contributed by atoms with Crippen molar-refractivity contribution >= 4 is 21.7 Å². The topological polar surface area (TPSA) is 63.7 Å². The van der Waals surface area contributed by atoms with Crippen molar-refractivity contribution in [2.75, 3.05) is 4.90 Å². The highest BCUT2D eigenvalue weighted by Crippen LogP contribution is 2.36. The Bertz CT molecular complexity index is 785. The number of para-hydroxylation sites is 1. The van der Waals surface area contributed by atoms with Crippen LogP contribution in [-0.4, -0.2) is 25.9 Å². The molecule has 1 atom stereocenters. The second-order valence-electron chi connectivity index (χ2n) is 6.06. The zero-order valence-electron chi connectivity index (χ0n) is 13.9. The predicted octanol–water partition coefficient (Wildman–Crippen LogP) is 3.59. The highest BCUT2D eigenvalue weighted by Gasteiger charge is 2.50. The molecule has 0 aliphatic carbocycles. The Morgan fingerprint density at radius 2 is 1.76 bits per heavy atom. The first-order valence-electron chi connectivity index (χ1n) is 7.55. The molecule has 0 N–H and O–H groups in total. The minimum atomic E-state index is -5.81. The number of alkyl halides is 3. The number of hydrogen-bond acceptors (Lipinski definition) is 4. The summed E-state index contributed by atoms with van der Waals surface area (Å²) in [6.07, 6.45) is -0.126. The number of nitrogens with zero attached hydrogens (tertiary/aromatic N) is 1. The van der Waals surface area contributed by atoms with Crippen LogP contribution in [-0.2, 0) is 19.1 Å². The van der Waals surface area contributed by atoms with E-state index >= 15 is 0 Å². The van der Waals surface area contributed by atoms with Gasteiger partial charge < -0.3 is 9.08 Å². The van der Waals surface area contributed by atoms with Crippen molar-refractivity contribution in [3.05, 3.63) is 41.7 Å². The van der Waals surface area contributed by atoms with Crippen LogP contribution in [0, 0.1) is 5.92 Å². The first kappa shape index (κ1) is 19.3. The average Bonchev–Trinajstić information content (AvgIpc) is 2.51. The fourth-order valence-electron chi connectivity index (χ4n) is 2.59. The van der Waals surface area contributed by atoms with Crippen LogP contribution < -0.4 is 4.90 Å². The third kappa shape index (κ3) is 3.81. The zero-order valence-corrected chi connectivity index (χ0v) is 14.7. The SMILES string of the molecule is CC1=C(OS(=O)(=O)C(F)(F)F)CC(C(C)C)N(c2ccccc2)C1=O. The van der Waals surface area contributed by atoms with Crippen LogP contribution in [0.2, 0.25) is 0 Å². The summed E-state index contributed by atoms with van der Waals surface area (Å²) in [4.78, 5) is 14.2. The molecule has 0 fully saturated rings. The molecule has 1 aromatic rings. The Morgan fingerprint density at radius 1 is 1.20 bits per heavy atom. The van der Waals surface area contributed by atoms with Crippen molar-refractivity contribution in [2.45, 2.75) is 38.7 Å². The maximum atomic E-state index is 12.7. The lowest BCUT2D eigenvalue weighted by atomic mass is 9.91. The molecule has 0 aromatic heterocycles. The lowest BCUT2D eigenvalue weighted by Gasteiger charge is -2.39. The number of anilines is 1. The summed E-state index contributed by atoms with van der Waals surface area (Å²) in [6, 6.07) is 8.13. The minimum absolute atomic E-state index is 0.126. The van der Waals surface area contributed by atoms with E-state index in [-0.39, 0.29) is 17.9 Å². The molecule has 1 aliphatic rings. The van der Waals surface area contributed by atoms with Crippen LogP contribution in [0.15, 0.2) is 41.7 Å². The van der Waals surface area contributed by atoms with Crippen molar-refractivity contribution in [3.63, 3.8) is 0 Å². The molecule has 1 aromatic carbocycles. The molecule has 1 heterocycles. The minimum Gasteiger partial charge on any atom is -0.380 e. The van der Waals surface area contributed by atoms with E-state index in [1.54, 1.807) is 44.2 Å². The van der Waals surface area contributed by atoms with Gasteiger partial charge in [0.25, 0.3) is 5.91 Å². The van der Waals surface area contributed by atoms with Gasteiger partial charge in [0.1, 0.15) is 5.76 Å². The number of benzene rings is 1. The molecule has 1 aliphatic heterocycles. The number of halogens is 3. The van der Waals surface area contributed by atoms with Gasteiger partial charge >= 0.3 is 15.6 Å². The monoisotopic (exact) mass is 377 g/mol. The van der Waals surface area contributed by atoms with Gasteiger partial charge in [0.05, 0.1) is 5.57 Å². The van der Waals surface area contributed by atoms with Gasteiger partial charge in [-0.3, -0.25) is 4.79 Å². The molecule has 1 unspecified atom stereocenters. The Labute approximate surface area is 144 Å². The largest absolute Gasteiger partial charge is 0.534 e. The quantitative estimate of drug-likeness (QED) is 0.594. The van der Waals surface area contributed by atoms with Gasteiger partial charge in [-0.25, -0.2) is 0 Å². The van der Waals surface area contributed by atoms with Crippen LogP contribution in [0.4, 0.5) is 18.9 Å². The zero-order chi connectivity index (χ0) is 19.0. The van der Waals surface area contributed by atoms with E-state index in [4.69, 9.17) is 0 Å². The molecule has 5 nitrogen and oxygen atoms in total.